The van der Waals surface area contributed by atoms with E-state index in [0.717, 1.165) is 0 Å². The van der Waals surface area contributed by atoms with Crippen LogP contribution in [0.3, 0.4) is 0 Å². The van der Waals surface area contributed by atoms with E-state index in [-0.39, 0.29) is 22.7 Å². The summed E-state index contributed by atoms with van der Waals surface area (Å²) in [5.41, 5.74) is 10.9. The summed E-state index contributed by atoms with van der Waals surface area (Å²) < 4.78 is 26.7. The molecule has 6 N–H and O–H groups in total. The number of nitrogen functional groups attached to an aromatic ring is 1. The molecule has 0 fully saturated rings. The molecule has 0 aliphatic carbocycles. The Hall–Kier alpha value is -2.39. The molecular weight excluding hydrogens is 294 g/mol. The summed E-state index contributed by atoms with van der Waals surface area (Å²) in [4.78, 5) is 17.8. The number of hydrogen-bond donors (Lipinski definition) is 4. The van der Waals surface area contributed by atoms with E-state index < -0.39 is 15.9 Å². The van der Waals surface area contributed by atoms with Gasteiger partial charge in [-0.25, -0.2) is 18.1 Å². The number of carbonyl (C=O) groups excluding carboxylic acids is 1. The van der Waals surface area contributed by atoms with Crippen LogP contribution >= 0.6 is 0 Å². The number of anilines is 1. The van der Waals surface area contributed by atoms with Crippen molar-refractivity contribution in [1.29, 1.82) is 0 Å². The minimum absolute atomic E-state index is 0.0307. The quantitative estimate of drug-likeness (QED) is 0.537. The molecule has 0 saturated heterocycles. The molecule has 2 aromatic rings. The Labute approximate surface area is 121 Å². The van der Waals surface area contributed by atoms with E-state index >= 15 is 0 Å². The minimum Gasteiger partial charge on any atom is -0.398 e. The Morgan fingerprint density at radius 3 is 2.71 bits per heavy atom. The van der Waals surface area contributed by atoms with Gasteiger partial charge in [-0.3, -0.25) is 4.79 Å². The predicted octanol–water partition coefficient (Wildman–Crippen LogP) is -0.388. The van der Waals surface area contributed by atoms with Crippen LogP contribution in [0.4, 0.5) is 5.69 Å². The highest BCUT2D eigenvalue weighted by Crippen LogP contribution is 2.19. The number of sulfonamides is 1. The van der Waals surface area contributed by atoms with Crippen molar-refractivity contribution >= 4 is 21.6 Å². The number of aromatic amines is 1. The van der Waals surface area contributed by atoms with Crippen LogP contribution < -0.4 is 16.2 Å². The third kappa shape index (κ3) is 3.58. The normalized spacial score (nSPS) is 11.4. The van der Waals surface area contributed by atoms with Crippen molar-refractivity contribution in [3.63, 3.8) is 0 Å². The van der Waals surface area contributed by atoms with Crippen LogP contribution in [0.25, 0.3) is 0 Å². The van der Waals surface area contributed by atoms with Crippen LogP contribution in [-0.2, 0) is 16.4 Å². The van der Waals surface area contributed by atoms with Crippen LogP contribution in [-0.4, -0.2) is 30.8 Å². The van der Waals surface area contributed by atoms with E-state index in [1.54, 1.807) is 12.4 Å². The highest BCUT2D eigenvalue weighted by molar-refractivity contribution is 7.89. The molecule has 9 heteroatoms. The van der Waals surface area contributed by atoms with Crippen LogP contribution in [0.1, 0.15) is 16.2 Å². The van der Waals surface area contributed by atoms with Gasteiger partial charge in [-0.1, -0.05) is 0 Å². The highest BCUT2D eigenvalue weighted by Gasteiger charge is 2.18. The number of nitrogens with two attached hydrogens (primary N) is 2. The summed E-state index contributed by atoms with van der Waals surface area (Å²) in [6.45, 7) is 0.173. The lowest BCUT2D eigenvalue weighted by molar-refractivity contribution is 0.1000. The zero-order valence-corrected chi connectivity index (χ0v) is 11.9. The number of carbonyl (C=O) groups is 1. The summed E-state index contributed by atoms with van der Waals surface area (Å²) in [6.07, 6.45) is 3.67. The van der Waals surface area contributed by atoms with E-state index in [2.05, 4.69) is 14.7 Å². The smallest absolute Gasteiger partial charge is 0.248 e. The number of imidazole rings is 1. The van der Waals surface area contributed by atoms with Crippen molar-refractivity contribution in [2.45, 2.75) is 11.3 Å². The Morgan fingerprint density at radius 2 is 2.14 bits per heavy atom. The number of hydrogen-bond acceptors (Lipinski definition) is 5. The molecule has 1 aromatic carbocycles. The van der Waals surface area contributed by atoms with Crippen molar-refractivity contribution in [2.75, 3.05) is 12.3 Å². The highest BCUT2D eigenvalue weighted by atomic mass is 32.2. The fraction of sp³-hybridized carbons (Fsp3) is 0.167. The molecule has 1 heterocycles. The van der Waals surface area contributed by atoms with Gasteiger partial charge in [0.2, 0.25) is 15.9 Å². The second kappa shape index (κ2) is 5.94. The van der Waals surface area contributed by atoms with Crippen molar-refractivity contribution in [1.82, 2.24) is 14.7 Å². The summed E-state index contributed by atoms with van der Waals surface area (Å²) in [5, 5.41) is 0. The zero-order valence-electron chi connectivity index (χ0n) is 11.0. The SMILES string of the molecule is NC(=O)c1ccc(S(=O)(=O)NCCc2ncc[nH]2)c(N)c1. The van der Waals surface area contributed by atoms with Crippen LogP contribution in [0.2, 0.25) is 0 Å². The molecule has 0 saturated carbocycles. The molecule has 1 amide bonds. The third-order valence-corrected chi connectivity index (χ3v) is 4.33. The van der Waals surface area contributed by atoms with Crippen LogP contribution in [0.15, 0.2) is 35.5 Å². The Morgan fingerprint density at radius 1 is 1.38 bits per heavy atom. The van der Waals surface area contributed by atoms with Gasteiger partial charge in [0.15, 0.2) is 0 Å². The van der Waals surface area contributed by atoms with E-state index in [1.165, 1.54) is 18.2 Å². The van der Waals surface area contributed by atoms with Gasteiger partial charge in [-0.05, 0) is 18.2 Å². The molecule has 0 spiro atoms. The molecule has 0 unspecified atom stereocenters. The van der Waals surface area contributed by atoms with Gasteiger partial charge < -0.3 is 16.5 Å². The zero-order chi connectivity index (χ0) is 15.5. The molecule has 2 rings (SSSR count). The average molecular weight is 309 g/mol. The lowest BCUT2D eigenvalue weighted by Crippen LogP contribution is -2.27. The van der Waals surface area contributed by atoms with Crippen molar-refractivity contribution in [3.8, 4) is 0 Å². The number of benzene rings is 1. The molecule has 0 aliphatic heterocycles. The second-order valence-electron chi connectivity index (χ2n) is 4.30. The van der Waals surface area contributed by atoms with Gasteiger partial charge in [0.25, 0.3) is 0 Å². The van der Waals surface area contributed by atoms with Crippen molar-refractivity contribution < 1.29 is 13.2 Å². The maximum Gasteiger partial charge on any atom is 0.248 e. The maximum absolute atomic E-state index is 12.1. The molecular formula is C12H15N5O3S. The Balaban J connectivity index is 2.10. The van der Waals surface area contributed by atoms with Gasteiger partial charge in [0, 0.05) is 30.9 Å². The summed E-state index contributed by atoms with van der Waals surface area (Å²) in [6, 6.07) is 3.81. The summed E-state index contributed by atoms with van der Waals surface area (Å²) >= 11 is 0. The Kier molecular flexibility index (Phi) is 4.24. The molecule has 8 nitrogen and oxygen atoms in total. The largest absolute Gasteiger partial charge is 0.398 e. The fourth-order valence-electron chi connectivity index (χ4n) is 1.76. The first kappa shape index (κ1) is 15.0. The molecule has 0 atom stereocenters. The van der Waals surface area contributed by atoms with Gasteiger partial charge in [0.1, 0.15) is 10.7 Å². The minimum atomic E-state index is -3.76. The number of nitrogens with zero attached hydrogens (tertiary/aromatic N) is 1. The number of primary amides is 1. The summed E-state index contributed by atoms with van der Waals surface area (Å²) in [7, 11) is -3.76. The lowest BCUT2D eigenvalue weighted by atomic mass is 10.2. The van der Waals surface area contributed by atoms with Gasteiger partial charge in [-0.2, -0.15) is 0 Å². The van der Waals surface area contributed by atoms with Crippen molar-refractivity contribution in [3.05, 3.63) is 42.0 Å². The van der Waals surface area contributed by atoms with Gasteiger partial charge in [0.05, 0.1) is 5.69 Å². The summed E-state index contributed by atoms with van der Waals surface area (Å²) in [5.74, 6) is 0.00572. The third-order valence-electron chi connectivity index (χ3n) is 2.79. The number of rotatable bonds is 6. The number of aromatic nitrogens is 2. The molecule has 1 aromatic heterocycles. The molecule has 21 heavy (non-hydrogen) atoms. The first-order chi connectivity index (χ1) is 9.90. The number of amides is 1. The monoisotopic (exact) mass is 309 g/mol. The van der Waals surface area contributed by atoms with Crippen LogP contribution in [0.5, 0.6) is 0 Å². The number of H-pyrrole nitrogens is 1. The maximum atomic E-state index is 12.1. The predicted molar refractivity (Wildman–Crippen MR) is 76.9 cm³/mol. The average Bonchev–Trinajstić information content (AvgIpc) is 2.91. The Bertz CT molecular complexity index is 740. The van der Waals surface area contributed by atoms with Crippen molar-refractivity contribution in [2.24, 2.45) is 5.73 Å². The first-order valence-corrected chi connectivity index (χ1v) is 7.56. The molecule has 0 aliphatic rings. The van der Waals surface area contributed by atoms with E-state index in [1.807, 2.05) is 0 Å². The molecule has 112 valence electrons. The molecule has 0 bridgehead atoms. The van der Waals surface area contributed by atoms with Gasteiger partial charge >= 0.3 is 0 Å². The lowest BCUT2D eigenvalue weighted by Gasteiger charge is -2.09. The number of nitrogens with one attached hydrogen (secondary N) is 2. The second-order valence-corrected chi connectivity index (χ2v) is 6.04. The fourth-order valence-corrected chi connectivity index (χ4v) is 2.91. The van der Waals surface area contributed by atoms with E-state index in [0.29, 0.717) is 12.2 Å². The van der Waals surface area contributed by atoms with Gasteiger partial charge in [-0.15, -0.1) is 0 Å². The van der Waals surface area contributed by atoms with E-state index in [9.17, 15) is 13.2 Å². The molecule has 0 radical (unpaired) electrons. The van der Waals surface area contributed by atoms with Crippen LogP contribution in [0, 0.1) is 0 Å². The standard InChI is InChI=1S/C12H15N5O3S/c13-9-7-8(12(14)18)1-2-10(9)21(19,20)17-4-3-11-15-5-6-16-11/h1-2,5-7,17H,3-4,13H2,(H2,14,18)(H,15,16). The first-order valence-electron chi connectivity index (χ1n) is 6.07. The topological polar surface area (TPSA) is 144 Å². The van der Waals surface area contributed by atoms with E-state index in [4.69, 9.17) is 11.5 Å².